The van der Waals surface area contributed by atoms with E-state index >= 15 is 0 Å². The molecule has 3 rings (SSSR count). The molecule has 0 aliphatic rings. The maximum atomic E-state index is 12.9. The van der Waals surface area contributed by atoms with Crippen molar-refractivity contribution in [2.75, 3.05) is 11.1 Å². The number of halogens is 2. The zero-order valence-electron chi connectivity index (χ0n) is 13.2. The van der Waals surface area contributed by atoms with Gasteiger partial charge in [0.15, 0.2) is 0 Å². The lowest BCUT2D eigenvalue weighted by Crippen LogP contribution is -2.17. The molecule has 3 aromatic rings. The molecular formula is C18H15BrFN3OS. The standard InChI is InChI=1S/C18H15BrFN3OS/c19-16-4-2-1-3-13(16)11-23-17(9-10-21-23)22-18(24)12-25-15-7-5-14(20)6-8-15/h1-10H,11-12H2,(H,22,24). The van der Waals surface area contributed by atoms with Gasteiger partial charge in [0.25, 0.3) is 0 Å². The first-order chi connectivity index (χ1) is 12.1. The van der Waals surface area contributed by atoms with E-state index in [2.05, 4.69) is 26.3 Å². The molecule has 0 aliphatic carbocycles. The first-order valence-corrected chi connectivity index (χ1v) is 9.33. The van der Waals surface area contributed by atoms with Crippen LogP contribution in [0, 0.1) is 5.82 Å². The third kappa shape index (κ3) is 4.93. The van der Waals surface area contributed by atoms with E-state index in [4.69, 9.17) is 0 Å². The number of nitrogens with one attached hydrogen (secondary N) is 1. The van der Waals surface area contributed by atoms with Crippen molar-refractivity contribution in [1.82, 2.24) is 9.78 Å². The van der Waals surface area contributed by atoms with Gasteiger partial charge in [-0.2, -0.15) is 5.10 Å². The first kappa shape index (κ1) is 17.7. The average Bonchev–Trinajstić information content (AvgIpc) is 3.03. The molecule has 0 radical (unpaired) electrons. The molecule has 1 aromatic heterocycles. The van der Waals surface area contributed by atoms with Crippen LogP contribution < -0.4 is 5.32 Å². The van der Waals surface area contributed by atoms with E-state index in [9.17, 15) is 9.18 Å². The number of rotatable bonds is 6. The zero-order chi connectivity index (χ0) is 17.6. The van der Waals surface area contributed by atoms with E-state index < -0.39 is 0 Å². The molecule has 25 heavy (non-hydrogen) atoms. The van der Waals surface area contributed by atoms with Crippen LogP contribution >= 0.6 is 27.7 Å². The molecule has 0 atom stereocenters. The van der Waals surface area contributed by atoms with Crippen LogP contribution in [0.5, 0.6) is 0 Å². The Morgan fingerprint density at radius 2 is 1.92 bits per heavy atom. The summed E-state index contributed by atoms with van der Waals surface area (Å²) >= 11 is 4.87. The lowest BCUT2D eigenvalue weighted by atomic mass is 10.2. The Morgan fingerprint density at radius 1 is 1.16 bits per heavy atom. The van der Waals surface area contributed by atoms with Gasteiger partial charge in [0, 0.05) is 15.4 Å². The van der Waals surface area contributed by atoms with Gasteiger partial charge in [0.05, 0.1) is 18.5 Å². The van der Waals surface area contributed by atoms with Crippen molar-refractivity contribution in [2.24, 2.45) is 0 Å². The highest BCUT2D eigenvalue weighted by molar-refractivity contribution is 9.10. The Hall–Kier alpha value is -2.12. The van der Waals surface area contributed by atoms with Crippen molar-refractivity contribution in [3.63, 3.8) is 0 Å². The van der Waals surface area contributed by atoms with Gasteiger partial charge in [-0.25, -0.2) is 9.07 Å². The second-order valence-corrected chi connectivity index (χ2v) is 7.16. The molecule has 1 amide bonds. The number of nitrogens with zero attached hydrogens (tertiary/aromatic N) is 2. The van der Waals surface area contributed by atoms with Gasteiger partial charge in [-0.3, -0.25) is 4.79 Å². The van der Waals surface area contributed by atoms with Crippen LogP contribution in [-0.4, -0.2) is 21.4 Å². The van der Waals surface area contributed by atoms with Gasteiger partial charge >= 0.3 is 0 Å². The van der Waals surface area contributed by atoms with Gasteiger partial charge in [-0.1, -0.05) is 34.1 Å². The number of amides is 1. The molecular weight excluding hydrogens is 405 g/mol. The number of hydrogen-bond acceptors (Lipinski definition) is 3. The summed E-state index contributed by atoms with van der Waals surface area (Å²) < 4.78 is 15.6. The predicted octanol–water partition coefficient (Wildman–Crippen LogP) is 4.56. The van der Waals surface area contributed by atoms with Crippen molar-refractivity contribution < 1.29 is 9.18 Å². The Bertz CT molecular complexity index is 867. The van der Waals surface area contributed by atoms with Gasteiger partial charge in [-0.15, -0.1) is 11.8 Å². The molecule has 4 nitrogen and oxygen atoms in total. The SMILES string of the molecule is O=C(CSc1ccc(F)cc1)Nc1ccnn1Cc1ccccc1Br. The summed E-state index contributed by atoms with van der Waals surface area (Å²) in [5, 5.41) is 7.13. The summed E-state index contributed by atoms with van der Waals surface area (Å²) in [5.41, 5.74) is 1.07. The van der Waals surface area contributed by atoms with Crippen LogP contribution in [0.4, 0.5) is 10.2 Å². The van der Waals surface area contributed by atoms with Crippen molar-refractivity contribution in [2.45, 2.75) is 11.4 Å². The van der Waals surface area contributed by atoms with Crippen LogP contribution in [0.2, 0.25) is 0 Å². The van der Waals surface area contributed by atoms with Crippen molar-refractivity contribution in [3.8, 4) is 0 Å². The molecule has 0 saturated heterocycles. The summed E-state index contributed by atoms with van der Waals surface area (Å²) in [7, 11) is 0. The van der Waals surface area contributed by atoms with Crippen LogP contribution in [0.1, 0.15) is 5.56 Å². The molecule has 0 bridgehead atoms. The molecule has 128 valence electrons. The number of thioether (sulfide) groups is 1. The van der Waals surface area contributed by atoms with Crippen LogP contribution in [0.3, 0.4) is 0 Å². The maximum absolute atomic E-state index is 12.9. The average molecular weight is 420 g/mol. The normalized spacial score (nSPS) is 10.6. The van der Waals surface area contributed by atoms with Crippen LogP contribution in [0.15, 0.2) is 70.2 Å². The lowest BCUT2D eigenvalue weighted by Gasteiger charge is -2.10. The number of carbonyl (C=O) groups excluding carboxylic acids is 1. The number of benzene rings is 2. The highest BCUT2D eigenvalue weighted by Gasteiger charge is 2.09. The highest BCUT2D eigenvalue weighted by Crippen LogP contribution is 2.20. The minimum atomic E-state index is -0.287. The molecule has 7 heteroatoms. The summed E-state index contributed by atoms with van der Waals surface area (Å²) in [6.45, 7) is 0.551. The van der Waals surface area contributed by atoms with Crippen molar-refractivity contribution in [3.05, 3.63) is 76.6 Å². The number of hydrogen-bond donors (Lipinski definition) is 1. The number of aromatic nitrogens is 2. The fourth-order valence-corrected chi connectivity index (χ4v) is 3.32. The lowest BCUT2D eigenvalue weighted by molar-refractivity contribution is -0.113. The highest BCUT2D eigenvalue weighted by atomic mass is 79.9. The summed E-state index contributed by atoms with van der Waals surface area (Å²) in [5.74, 6) is 0.458. The molecule has 0 spiro atoms. The topological polar surface area (TPSA) is 46.9 Å². The molecule has 0 unspecified atom stereocenters. The number of carbonyl (C=O) groups is 1. The van der Waals surface area contributed by atoms with E-state index in [0.29, 0.717) is 12.4 Å². The van der Waals surface area contributed by atoms with E-state index in [-0.39, 0.29) is 17.5 Å². The zero-order valence-corrected chi connectivity index (χ0v) is 15.6. The summed E-state index contributed by atoms with van der Waals surface area (Å²) in [4.78, 5) is 13.0. The van der Waals surface area contributed by atoms with E-state index in [1.807, 2.05) is 24.3 Å². The predicted molar refractivity (Wildman–Crippen MR) is 101 cm³/mol. The third-order valence-electron chi connectivity index (χ3n) is 3.45. The largest absolute Gasteiger partial charge is 0.310 e. The Labute approximate surface area is 157 Å². The maximum Gasteiger partial charge on any atom is 0.235 e. The Morgan fingerprint density at radius 3 is 2.68 bits per heavy atom. The van der Waals surface area contributed by atoms with E-state index in [0.717, 1.165) is 14.9 Å². The van der Waals surface area contributed by atoms with Crippen molar-refractivity contribution >= 4 is 39.4 Å². The van der Waals surface area contributed by atoms with Gasteiger partial charge in [0.2, 0.25) is 5.91 Å². The quantitative estimate of drug-likeness (QED) is 0.595. The molecule has 0 fully saturated rings. The second-order valence-electron chi connectivity index (χ2n) is 5.26. The van der Waals surface area contributed by atoms with Crippen LogP contribution in [0.25, 0.3) is 0 Å². The summed E-state index contributed by atoms with van der Waals surface area (Å²) in [6, 6.07) is 15.7. The van der Waals surface area contributed by atoms with E-state index in [1.165, 1.54) is 23.9 Å². The van der Waals surface area contributed by atoms with Gasteiger partial charge in [0.1, 0.15) is 11.6 Å². The third-order valence-corrected chi connectivity index (χ3v) is 5.23. The van der Waals surface area contributed by atoms with Gasteiger partial charge < -0.3 is 5.32 Å². The second kappa shape index (κ2) is 8.31. The molecule has 0 saturated carbocycles. The molecule has 1 N–H and O–H groups in total. The van der Waals surface area contributed by atoms with Gasteiger partial charge in [-0.05, 0) is 35.9 Å². The fraction of sp³-hybridized carbons (Fsp3) is 0.111. The smallest absolute Gasteiger partial charge is 0.235 e. The minimum absolute atomic E-state index is 0.136. The Balaban J connectivity index is 1.60. The fourth-order valence-electron chi connectivity index (χ4n) is 2.21. The number of anilines is 1. The molecule has 0 aliphatic heterocycles. The minimum Gasteiger partial charge on any atom is -0.310 e. The molecule has 2 aromatic carbocycles. The monoisotopic (exact) mass is 419 g/mol. The Kier molecular flexibility index (Phi) is 5.88. The summed E-state index contributed by atoms with van der Waals surface area (Å²) in [6.07, 6.45) is 1.65. The first-order valence-electron chi connectivity index (χ1n) is 7.55. The molecule has 1 heterocycles. The van der Waals surface area contributed by atoms with E-state index in [1.54, 1.807) is 29.1 Å². The van der Waals surface area contributed by atoms with Crippen LogP contribution in [-0.2, 0) is 11.3 Å². The van der Waals surface area contributed by atoms with Crippen molar-refractivity contribution in [1.29, 1.82) is 0 Å².